The Kier molecular flexibility index (Phi) is 9.41. The third-order valence-electron chi connectivity index (χ3n) is 2.76. The monoisotopic (exact) mass is 301 g/mol. The lowest BCUT2D eigenvalue weighted by atomic mass is 10.2. The molecule has 1 N–H and O–H groups in total. The van der Waals surface area contributed by atoms with Crippen molar-refractivity contribution in [3.05, 3.63) is 28.8 Å². The summed E-state index contributed by atoms with van der Waals surface area (Å²) < 4.78 is 16.1. The van der Waals surface area contributed by atoms with Gasteiger partial charge >= 0.3 is 0 Å². The average Bonchev–Trinajstić information content (AvgIpc) is 2.43. The molecule has 0 fully saturated rings. The standard InChI is InChI=1S/C15H24ClNO3/c1-13-5-3-6-14(16)15(13)20-12-11-19-10-8-17-7-4-9-18-2/h3,5-6,17H,4,7-12H2,1-2H3. The van der Waals surface area contributed by atoms with Crippen LogP contribution in [-0.2, 0) is 9.47 Å². The van der Waals surface area contributed by atoms with Gasteiger partial charge in [-0.3, -0.25) is 0 Å². The van der Waals surface area contributed by atoms with E-state index in [1.165, 1.54) is 0 Å². The molecule has 0 saturated carbocycles. The number of benzene rings is 1. The van der Waals surface area contributed by atoms with Crippen LogP contribution in [0.2, 0.25) is 5.02 Å². The van der Waals surface area contributed by atoms with E-state index in [0.29, 0.717) is 24.8 Å². The zero-order valence-electron chi connectivity index (χ0n) is 12.3. The molecule has 0 spiro atoms. The molecule has 0 bridgehead atoms. The Morgan fingerprint density at radius 1 is 1.10 bits per heavy atom. The maximum Gasteiger partial charge on any atom is 0.140 e. The van der Waals surface area contributed by atoms with Crippen LogP contribution >= 0.6 is 11.6 Å². The third-order valence-corrected chi connectivity index (χ3v) is 3.06. The Balaban J connectivity index is 2.00. The molecule has 20 heavy (non-hydrogen) atoms. The van der Waals surface area contributed by atoms with Crippen molar-refractivity contribution in [1.29, 1.82) is 0 Å². The molecular weight excluding hydrogens is 278 g/mol. The van der Waals surface area contributed by atoms with Crippen molar-refractivity contribution in [3.63, 3.8) is 0 Å². The van der Waals surface area contributed by atoms with Gasteiger partial charge in [-0.15, -0.1) is 0 Å². The van der Waals surface area contributed by atoms with Crippen LogP contribution in [0.4, 0.5) is 0 Å². The SMILES string of the molecule is COCCCNCCOCCOc1c(C)cccc1Cl. The van der Waals surface area contributed by atoms with Crippen molar-refractivity contribution >= 4 is 11.6 Å². The normalized spacial score (nSPS) is 10.8. The molecule has 0 aliphatic heterocycles. The van der Waals surface area contributed by atoms with E-state index in [2.05, 4.69) is 5.32 Å². The van der Waals surface area contributed by atoms with Gasteiger partial charge in [0, 0.05) is 20.3 Å². The number of aryl methyl sites for hydroxylation is 1. The van der Waals surface area contributed by atoms with Crippen LogP contribution in [0.3, 0.4) is 0 Å². The minimum Gasteiger partial charge on any atom is -0.489 e. The highest BCUT2D eigenvalue weighted by Crippen LogP contribution is 2.27. The van der Waals surface area contributed by atoms with Crippen molar-refractivity contribution in [3.8, 4) is 5.75 Å². The molecule has 1 aromatic rings. The zero-order valence-corrected chi connectivity index (χ0v) is 13.0. The summed E-state index contributed by atoms with van der Waals surface area (Å²) in [4.78, 5) is 0. The number of ether oxygens (including phenoxy) is 3. The minimum atomic E-state index is 0.508. The van der Waals surface area contributed by atoms with Gasteiger partial charge in [-0.05, 0) is 31.5 Å². The molecule has 114 valence electrons. The van der Waals surface area contributed by atoms with Crippen LogP contribution in [0.1, 0.15) is 12.0 Å². The van der Waals surface area contributed by atoms with E-state index < -0.39 is 0 Å². The summed E-state index contributed by atoms with van der Waals surface area (Å²) in [6.07, 6.45) is 1.02. The first-order chi connectivity index (χ1) is 9.75. The molecule has 4 nitrogen and oxygen atoms in total. The largest absolute Gasteiger partial charge is 0.489 e. The Hall–Kier alpha value is -0.810. The van der Waals surface area contributed by atoms with Gasteiger partial charge in [0.25, 0.3) is 0 Å². The maximum atomic E-state index is 6.07. The van der Waals surface area contributed by atoms with E-state index >= 15 is 0 Å². The van der Waals surface area contributed by atoms with E-state index in [0.717, 1.165) is 37.4 Å². The molecule has 1 aromatic carbocycles. The van der Waals surface area contributed by atoms with E-state index in [4.69, 9.17) is 25.8 Å². The number of para-hydroxylation sites is 1. The molecule has 0 aliphatic rings. The van der Waals surface area contributed by atoms with Crippen molar-refractivity contribution in [2.24, 2.45) is 0 Å². The lowest BCUT2D eigenvalue weighted by Gasteiger charge is -2.11. The van der Waals surface area contributed by atoms with Crippen LogP contribution in [0.15, 0.2) is 18.2 Å². The second-order valence-electron chi connectivity index (χ2n) is 4.44. The molecule has 0 aliphatic carbocycles. The first-order valence-electron chi connectivity index (χ1n) is 6.91. The topological polar surface area (TPSA) is 39.7 Å². The second-order valence-corrected chi connectivity index (χ2v) is 4.85. The predicted molar refractivity (Wildman–Crippen MR) is 81.9 cm³/mol. The number of hydrogen-bond donors (Lipinski definition) is 1. The summed E-state index contributed by atoms with van der Waals surface area (Å²) >= 11 is 6.07. The van der Waals surface area contributed by atoms with Crippen LogP contribution in [0.25, 0.3) is 0 Å². The summed E-state index contributed by atoms with van der Waals surface area (Å²) in [5, 5.41) is 3.92. The lowest BCUT2D eigenvalue weighted by molar-refractivity contribution is 0.101. The molecule has 0 atom stereocenters. The van der Waals surface area contributed by atoms with Gasteiger partial charge in [-0.2, -0.15) is 0 Å². The fraction of sp³-hybridized carbons (Fsp3) is 0.600. The van der Waals surface area contributed by atoms with Crippen molar-refractivity contribution in [1.82, 2.24) is 5.32 Å². The highest BCUT2D eigenvalue weighted by Gasteiger charge is 2.04. The van der Waals surface area contributed by atoms with E-state index in [9.17, 15) is 0 Å². The molecule has 0 heterocycles. The van der Waals surface area contributed by atoms with Gasteiger partial charge in [-0.25, -0.2) is 0 Å². The van der Waals surface area contributed by atoms with Crippen LogP contribution in [-0.4, -0.2) is 46.6 Å². The summed E-state index contributed by atoms with van der Waals surface area (Å²) in [6, 6.07) is 5.72. The highest BCUT2D eigenvalue weighted by atomic mass is 35.5. The number of halogens is 1. The highest BCUT2D eigenvalue weighted by molar-refractivity contribution is 6.32. The first kappa shape index (κ1) is 17.2. The summed E-state index contributed by atoms with van der Waals surface area (Å²) in [7, 11) is 1.71. The summed E-state index contributed by atoms with van der Waals surface area (Å²) in [5.41, 5.74) is 1.04. The van der Waals surface area contributed by atoms with Gasteiger partial charge in [0.15, 0.2) is 0 Å². The van der Waals surface area contributed by atoms with E-state index in [1.54, 1.807) is 7.11 Å². The van der Waals surface area contributed by atoms with Gasteiger partial charge in [-0.1, -0.05) is 23.7 Å². The Bertz CT molecular complexity index is 354. The maximum absolute atomic E-state index is 6.07. The lowest BCUT2D eigenvalue weighted by Crippen LogP contribution is -2.22. The summed E-state index contributed by atoms with van der Waals surface area (Å²) in [5.74, 6) is 0.746. The fourth-order valence-corrected chi connectivity index (χ4v) is 1.99. The predicted octanol–water partition coefficient (Wildman–Crippen LogP) is 2.67. The molecule has 1 rings (SSSR count). The van der Waals surface area contributed by atoms with Gasteiger partial charge in [0.1, 0.15) is 12.4 Å². The van der Waals surface area contributed by atoms with Crippen LogP contribution < -0.4 is 10.1 Å². The molecule has 0 aromatic heterocycles. The molecule has 0 radical (unpaired) electrons. The smallest absolute Gasteiger partial charge is 0.140 e. The van der Waals surface area contributed by atoms with Crippen molar-refractivity contribution in [2.45, 2.75) is 13.3 Å². The fourth-order valence-electron chi connectivity index (χ4n) is 1.72. The van der Waals surface area contributed by atoms with Crippen LogP contribution in [0, 0.1) is 6.92 Å². The first-order valence-corrected chi connectivity index (χ1v) is 7.29. The molecule has 0 unspecified atom stereocenters. The third kappa shape index (κ3) is 7.10. The molecule has 0 amide bonds. The minimum absolute atomic E-state index is 0.508. The quantitative estimate of drug-likeness (QED) is 0.638. The van der Waals surface area contributed by atoms with Crippen molar-refractivity contribution < 1.29 is 14.2 Å². The van der Waals surface area contributed by atoms with E-state index in [-0.39, 0.29) is 0 Å². The molecule has 0 saturated heterocycles. The Labute approximate surface area is 126 Å². The Morgan fingerprint density at radius 3 is 2.70 bits per heavy atom. The molecule has 5 heteroatoms. The number of nitrogens with one attached hydrogen (secondary N) is 1. The Morgan fingerprint density at radius 2 is 1.95 bits per heavy atom. The van der Waals surface area contributed by atoms with E-state index in [1.807, 2.05) is 25.1 Å². The number of hydrogen-bond acceptors (Lipinski definition) is 4. The van der Waals surface area contributed by atoms with Gasteiger partial charge in [0.05, 0.1) is 18.2 Å². The second kappa shape index (κ2) is 10.9. The molecular formula is C15H24ClNO3. The van der Waals surface area contributed by atoms with Crippen LogP contribution in [0.5, 0.6) is 5.75 Å². The number of methoxy groups -OCH3 is 1. The zero-order chi connectivity index (χ0) is 14.6. The summed E-state index contributed by atoms with van der Waals surface area (Å²) in [6.45, 7) is 6.31. The van der Waals surface area contributed by atoms with Gasteiger partial charge < -0.3 is 19.5 Å². The number of rotatable bonds is 11. The van der Waals surface area contributed by atoms with Gasteiger partial charge in [0.2, 0.25) is 0 Å². The van der Waals surface area contributed by atoms with Crippen molar-refractivity contribution in [2.75, 3.05) is 46.6 Å². The average molecular weight is 302 g/mol.